The Balaban J connectivity index is -0.000000103. The van der Waals surface area contributed by atoms with E-state index in [2.05, 4.69) is 0 Å². The molecule has 0 aromatic heterocycles. The van der Waals surface area contributed by atoms with Gasteiger partial charge in [-0.05, 0) is 0 Å². The van der Waals surface area contributed by atoms with Crippen LogP contribution in [0.25, 0.3) is 0 Å². The van der Waals surface area contributed by atoms with E-state index in [1.807, 2.05) is 40.5 Å². The Kier molecular flexibility index (Phi) is 30.1. The van der Waals surface area contributed by atoms with Gasteiger partial charge in [-0.15, -0.1) is 9.29 Å². The average molecular weight is 482 g/mol. The van der Waals surface area contributed by atoms with Crippen molar-refractivity contribution in [1.82, 2.24) is 0 Å². The molecule has 0 rings (SSSR count). The molecule has 11 nitrogen and oxygen atoms in total. The molecule has 0 aliphatic carbocycles. The van der Waals surface area contributed by atoms with Gasteiger partial charge in [0.1, 0.15) is 0 Å². The fourth-order valence-corrected chi connectivity index (χ4v) is 1.87. The molecule has 0 spiro atoms. The molecule has 0 fully saturated rings. The van der Waals surface area contributed by atoms with Crippen LogP contribution in [0, 0.1) is 12.8 Å². The van der Waals surface area contributed by atoms with Crippen LogP contribution < -0.4 is 0 Å². The normalized spacial score (nSPS) is 20.0. The summed E-state index contributed by atoms with van der Waals surface area (Å²) in [6.07, 6.45) is -3.36. The standard InChI is InChI=1S/2C6H16NO4.2C3H7.O.Ti/c2*1-4(8)7(11,5(2)9)6(3)10;2*1-3-2;;/h2*4-6,8-11H,1-3H3;2*3H,1-2H3;;/q2*+1;2*-1;;+2. The van der Waals surface area contributed by atoms with Crippen molar-refractivity contribution in [1.29, 1.82) is 0 Å². The molecule has 8 N–H and O–H groups in total. The predicted molar refractivity (Wildman–Crippen MR) is 106 cm³/mol. The molecule has 0 bridgehead atoms. The minimum atomic E-state index is -1.23. The van der Waals surface area contributed by atoms with Gasteiger partial charge in [0.15, 0.2) is 0 Å². The summed E-state index contributed by atoms with van der Waals surface area (Å²) >= 11 is 0.750. The Morgan fingerprint density at radius 2 is 0.567 bits per heavy atom. The molecule has 6 atom stereocenters. The van der Waals surface area contributed by atoms with Crippen LogP contribution in [0.2, 0.25) is 0 Å². The van der Waals surface area contributed by atoms with Gasteiger partial charge in [0.05, 0.1) is 0 Å². The molecule has 0 saturated carbocycles. The first-order chi connectivity index (χ1) is 13.5. The molecular formula is C18H46N2O9Ti+2. The second kappa shape index (κ2) is 22.3. The fourth-order valence-electron chi connectivity index (χ4n) is 1.87. The van der Waals surface area contributed by atoms with Gasteiger partial charge in [0.2, 0.25) is 37.4 Å². The van der Waals surface area contributed by atoms with Gasteiger partial charge >= 0.3 is 23.7 Å². The van der Waals surface area contributed by atoms with Crippen LogP contribution in [0.1, 0.15) is 69.2 Å². The van der Waals surface area contributed by atoms with Crippen molar-refractivity contribution in [3.63, 3.8) is 0 Å². The Bertz CT molecular complexity index is 283. The van der Waals surface area contributed by atoms with Gasteiger partial charge in [0.25, 0.3) is 0 Å². The molecule has 0 aromatic carbocycles. The number of nitrogens with zero attached hydrogens (tertiary/aromatic N) is 2. The molecule has 184 valence electrons. The second-order valence-electron chi connectivity index (χ2n) is 6.53. The Hall–Kier alpha value is 0.114. The van der Waals surface area contributed by atoms with Crippen LogP contribution in [0.5, 0.6) is 0 Å². The minimum absolute atomic E-state index is 0.750. The Morgan fingerprint density at radius 1 is 0.500 bits per heavy atom. The molecular weight excluding hydrogens is 436 g/mol. The van der Waals surface area contributed by atoms with Crippen molar-refractivity contribution >= 4 is 0 Å². The van der Waals surface area contributed by atoms with E-state index >= 15 is 0 Å². The first-order valence-electron chi connectivity index (χ1n) is 9.48. The van der Waals surface area contributed by atoms with Crippen LogP contribution in [0.4, 0.5) is 0 Å². The van der Waals surface area contributed by atoms with Crippen molar-refractivity contribution in [3.8, 4) is 0 Å². The van der Waals surface area contributed by atoms with Crippen molar-refractivity contribution in [3.05, 3.63) is 12.8 Å². The number of aliphatic hydroxyl groups is 6. The quantitative estimate of drug-likeness (QED) is 0.0892. The fraction of sp³-hybridized carbons (Fsp3) is 0.889. The van der Waals surface area contributed by atoms with E-state index < -0.39 is 46.7 Å². The third-order valence-electron chi connectivity index (χ3n) is 3.59. The summed E-state index contributed by atoms with van der Waals surface area (Å²) in [7, 11) is 0. The predicted octanol–water partition coefficient (Wildman–Crippen LogP) is 0.754. The molecule has 30 heavy (non-hydrogen) atoms. The zero-order chi connectivity index (χ0) is 25.9. The van der Waals surface area contributed by atoms with E-state index in [4.69, 9.17) is 34.0 Å². The van der Waals surface area contributed by atoms with Crippen molar-refractivity contribution in [2.45, 2.75) is 107 Å². The molecule has 0 saturated heterocycles. The van der Waals surface area contributed by atoms with Crippen LogP contribution in [-0.2, 0) is 23.7 Å². The summed E-state index contributed by atoms with van der Waals surface area (Å²) in [5, 5.41) is 72.9. The molecule has 0 amide bonds. The maximum absolute atomic E-state index is 9.43. The van der Waals surface area contributed by atoms with E-state index in [1.165, 1.54) is 41.5 Å². The van der Waals surface area contributed by atoms with Crippen molar-refractivity contribution < 1.29 is 74.1 Å². The van der Waals surface area contributed by atoms with E-state index in [-0.39, 0.29) is 0 Å². The Labute approximate surface area is 193 Å². The number of hydrogen-bond donors (Lipinski definition) is 8. The molecule has 0 heterocycles. The van der Waals surface area contributed by atoms with Crippen LogP contribution in [0.3, 0.4) is 0 Å². The summed E-state index contributed by atoms with van der Waals surface area (Å²) in [6, 6.07) is 0. The third-order valence-corrected chi connectivity index (χ3v) is 3.59. The van der Waals surface area contributed by atoms with Gasteiger partial charge in [-0.1, -0.05) is 0 Å². The van der Waals surface area contributed by atoms with E-state index in [9.17, 15) is 10.4 Å². The van der Waals surface area contributed by atoms with E-state index in [0.717, 1.165) is 20.4 Å². The van der Waals surface area contributed by atoms with Crippen LogP contribution in [-0.4, -0.2) is 87.7 Å². The summed E-state index contributed by atoms with van der Waals surface area (Å²) in [5.74, 6) is 0. The number of hydrogen-bond acceptors (Lipinski definition) is 9. The number of hydroxylamine groups is 6. The zero-order valence-electron chi connectivity index (χ0n) is 20.0. The number of quaternary nitrogens is 2. The third kappa shape index (κ3) is 15.8. The Morgan fingerprint density at radius 3 is 0.567 bits per heavy atom. The molecule has 12 heteroatoms. The molecule has 0 aliphatic heterocycles. The summed E-state index contributed by atoms with van der Waals surface area (Å²) < 4.78 is 5.92. The van der Waals surface area contributed by atoms with Gasteiger partial charge in [-0.2, -0.15) is 27.7 Å². The number of rotatable bonds is 6. The van der Waals surface area contributed by atoms with Gasteiger partial charge in [0, 0.05) is 41.5 Å². The second-order valence-corrected chi connectivity index (χ2v) is 6.53. The van der Waals surface area contributed by atoms with Crippen LogP contribution in [0.15, 0.2) is 0 Å². The summed E-state index contributed by atoms with van der Waals surface area (Å²) in [5.41, 5.74) is 0. The van der Waals surface area contributed by atoms with E-state index in [1.54, 1.807) is 0 Å². The monoisotopic (exact) mass is 482 g/mol. The number of aliphatic hydroxyl groups excluding tert-OH is 6. The van der Waals surface area contributed by atoms with Crippen LogP contribution >= 0.6 is 0 Å². The van der Waals surface area contributed by atoms with E-state index in [0.29, 0.717) is 0 Å². The average Bonchev–Trinajstić information content (AvgIpc) is 2.62. The first-order valence-corrected chi connectivity index (χ1v) is 10.1. The summed E-state index contributed by atoms with van der Waals surface area (Å²) in [4.78, 5) is 0. The van der Waals surface area contributed by atoms with Gasteiger partial charge in [-0.3, -0.25) is 0 Å². The molecule has 6 unspecified atom stereocenters. The SMILES string of the molecule is CC(O)[N+](O)(C(C)O)C(C)O.CC(O)[N+](O)(C(C)O)C(C)O.C[CH-]C.C[CH-]C.[O]=[Ti+2]. The molecule has 0 radical (unpaired) electrons. The first kappa shape index (κ1) is 40.5. The maximum atomic E-state index is 9.43. The molecule has 0 aliphatic rings. The van der Waals surface area contributed by atoms with Crippen molar-refractivity contribution in [2.24, 2.45) is 0 Å². The van der Waals surface area contributed by atoms with Gasteiger partial charge in [-0.25, -0.2) is 10.4 Å². The topological polar surface area (TPSA) is 179 Å². The zero-order valence-corrected chi connectivity index (χ0v) is 21.6. The molecule has 0 aromatic rings. The summed E-state index contributed by atoms with van der Waals surface area (Å²) in [6.45, 7) is 15.7. The van der Waals surface area contributed by atoms with Gasteiger partial charge < -0.3 is 43.5 Å². The van der Waals surface area contributed by atoms with Crippen molar-refractivity contribution in [2.75, 3.05) is 0 Å².